The third-order valence-corrected chi connectivity index (χ3v) is 3.02. The smallest absolute Gasteiger partial charge is 0.315 e. The molecule has 2 amide bonds. The van der Waals surface area contributed by atoms with Crippen molar-refractivity contribution in [2.75, 3.05) is 6.54 Å². The zero-order valence-corrected chi connectivity index (χ0v) is 12.8. The van der Waals surface area contributed by atoms with E-state index < -0.39 is 0 Å². The van der Waals surface area contributed by atoms with Crippen molar-refractivity contribution >= 4 is 17.6 Å². The zero-order chi connectivity index (χ0) is 14.5. The summed E-state index contributed by atoms with van der Waals surface area (Å²) in [5.41, 5.74) is 1.15. The summed E-state index contributed by atoms with van der Waals surface area (Å²) in [5, 5.41) is 6.58. The fourth-order valence-corrected chi connectivity index (χ4v) is 1.80. The molecule has 1 rings (SSSR count). The van der Waals surface area contributed by atoms with Crippen LogP contribution in [0.5, 0.6) is 0 Å². The predicted molar refractivity (Wildman–Crippen MR) is 80.5 cm³/mol. The van der Waals surface area contributed by atoms with Gasteiger partial charge in [-0.25, -0.2) is 4.79 Å². The van der Waals surface area contributed by atoms with Crippen LogP contribution >= 0.6 is 11.6 Å². The number of carbonyl (C=O) groups excluding carboxylic acids is 1. The van der Waals surface area contributed by atoms with Gasteiger partial charge in [-0.1, -0.05) is 51.4 Å². The lowest BCUT2D eigenvalue weighted by Gasteiger charge is -2.22. The summed E-state index contributed by atoms with van der Waals surface area (Å²) < 4.78 is 0. The van der Waals surface area contributed by atoms with Crippen LogP contribution in [0.1, 0.15) is 45.7 Å². The number of nitrogens with one attached hydrogen (secondary N) is 2. The fourth-order valence-electron chi connectivity index (χ4n) is 1.67. The summed E-state index contributed by atoms with van der Waals surface area (Å²) in [7, 11) is 0. The number of amides is 2. The largest absolute Gasteiger partial charge is 0.338 e. The molecule has 1 unspecified atom stereocenters. The van der Waals surface area contributed by atoms with Crippen LogP contribution in [0, 0.1) is 5.41 Å². The number of carbonyl (C=O) groups is 1. The minimum atomic E-state index is -0.128. The highest BCUT2D eigenvalue weighted by Gasteiger charge is 2.15. The molecule has 0 saturated heterocycles. The van der Waals surface area contributed by atoms with Crippen molar-refractivity contribution in [1.29, 1.82) is 0 Å². The molecule has 0 heterocycles. The molecule has 0 aliphatic carbocycles. The lowest BCUT2D eigenvalue weighted by atomic mass is 9.97. The SMILES string of the molecule is CCC(NC(=O)NCC(C)(C)C)c1ccc(Cl)cc1. The van der Waals surface area contributed by atoms with E-state index in [9.17, 15) is 4.79 Å². The van der Waals surface area contributed by atoms with Gasteiger partial charge in [0.25, 0.3) is 0 Å². The molecular weight excluding hydrogens is 260 g/mol. The molecule has 0 radical (unpaired) electrons. The molecule has 0 aromatic heterocycles. The fraction of sp³-hybridized carbons (Fsp3) is 0.533. The predicted octanol–water partition coefficient (Wildman–Crippen LogP) is 4.14. The quantitative estimate of drug-likeness (QED) is 0.856. The highest BCUT2D eigenvalue weighted by molar-refractivity contribution is 6.30. The van der Waals surface area contributed by atoms with E-state index in [1.165, 1.54) is 0 Å². The Morgan fingerprint density at radius 2 is 1.84 bits per heavy atom. The van der Waals surface area contributed by atoms with Gasteiger partial charge in [-0.05, 0) is 29.5 Å². The molecule has 4 heteroatoms. The Labute approximate surface area is 120 Å². The second-order valence-electron chi connectivity index (χ2n) is 5.90. The second-order valence-corrected chi connectivity index (χ2v) is 6.34. The van der Waals surface area contributed by atoms with Gasteiger partial charge in [0.15, 0.2) is 0 Å². The maximum Gasteiger partial charge on any atom is 0.315 e. The van der Waals surface area contributed by atoms with E-state index >= 15 is 0 Å². The minimum absolute atomic E-state index is 0.0113. The van der Waals surface area contributed by atoms with Crippen LogP contribution in [0.3, 0.4) is 0 Å². The van der Waals surface area contributed by atoms with Crippen LogP contribution in [0.2, 0.25) is 5.02 Å². The van der Waals surface area contributed by atoms with E-state index in [1.807, 2.05) is 31.2 Å². The number of benzene rings is 1. The van der Waals surface area contributed by atoms with E-state index in [0.717, 1.165) is 12.0 Å². The standard InChI is InChI=1S/C15H23ClN2O/c1-5-13(11-6-8-12(16)9-7-11)18-14(19)17-10-15(2,3)4/h6-9,13H,5,10H2,1-4H3,(H2,17,18,19). The number of urea groups is 1. The normalized spacial score (nSPS) is 12.9. The van der Waals surface area contributed by atoms with Crippen LogP contribution < -0.4 is 10.6 Å². The highest BCUT2D eigenvalue weighted by atomic mass is 35.5. The van der Waals surface area contributed by atoms with Gasteiger partial charge in [-0.3, -0.25) is 0 Å². The van der Waals surface area contributed by atoms with Gasteiger partial charge in [-0.15, -0.1) is 0 Å². The van der Waals surface area contributed by atoms with E-state index in [2.05, 4.69) is 31.4 Å². The Bertz CT molecular complexity index is 409. The Hall–Kier alpha value is -1.22. The molecular formula is C15H23ClN2O. The Morgan fingerprint density at radius 3 is 2.32 bits per heavy atom. The first-order chi connectivity index (χ1) is 8.81. The van der Waals surface area contributed by atoms with Crippen LogP contribution in [-0.2, 0) is 0 Å². The van der Waals surface area contributed by atoms with Crippen molar-refractivity contribution in [3.05, 3.63) is 34.9 Å². The average Bonchev–Trinajstić information content (AvgIpc) is 2.34. The third kappa shape index (κ3) is 5.97. The average molecular weight is 283 g/mol. The third-order valence-electron chi connectivity index (χ3n) is 2.77. The van der Waals surface area contributed by atoms with E-state index in [0.29, 0.717) is 11.6 Å². The number of halogens is 1. The Morgan fingerprint density at radius 1 is 1.26 bits per heavy atom. The van der Waals surface area contributed by atoms with Crippen LogP contribution in [0.25, 0.3) is 0 Å². The van der Waals surface area contributed by atoms with Crippen molar-refractivity contribution in [1.82, 2.24) is 10.6 Å². The van der Waals surface area contributed by atoms with Crippen molar-refractivity contribution in [3.8, 4) is 0 Å². The van der Waals surface area contributed by atoms with E-state index in [-0.39, 0.29) is 17.5 Å². The van der Waals surface area contributed by atoms with Crippen LogP contribution in [-0.4, -0.2) is 12.6 Å². The molecule has 0 aliphatic heterocycles. The molecule has 0 aliphatic rings. The number of rotatable bonds is 4. The molecule has 1 atom stereocenters. The van der Waals surface area contributed by atoms with Crippen molar-refractivity contribution in [2.45, 2.75) is 40.2 Å². The monoisotopic (exact) mass is 282 g/mol. The zero-order valence-electron chi connectivity index (χ0n) is 12.1. The number of hydrogen-bond acceptors (Lipinski definition) is 1. The van der Waals surface area contributed by atoms with E-state index in [4.69, 9.17) is 11.6 Å². The van der Waals surface area contributed by atoms with Crippen LogP contribution in [0.4, 0.5) is 4.79 Å². The molecule has 0 bridgehead atoms. The summed E-state index contributed by atoms with van der Waals surface area (Å²) in [6.45, 7) is 8.95. The maximum absolute atomic E-state index is 11.9. The maximum atomic E-state index is 11.9. The van der Waals surface area contributed by atoms with Gasteiger partial charge in [0.05, 0.1) is 6.04 Å². The molecule has 1 aromatic rings. The summed E-state index contributed by atoms with van der Waals surface area (Å²) in [6, 6.07) is 7.46. The molecule has 3 nitrogen and oxygen atoms in total. The molecule has 106 valence electrons. The van der Waals surface area contributed by atoms with Gasteiger partial charge < -0.3 is 10.6 Å². The summed E-state index contributed by atoms with van der Waals surface area (Å²) in [5.74, 6) is 0. The topological polar surface area (TPSA) is 41.1 Å². The first kappa shape index (κ1) is 15.8. The molecule has 19 heavy (non-hydrogen) atoms. The molecule has 1 aromatic carbocycles. The van der Waals surface area contributed by atoms with Crippen molar-refractivity contribution < 1.29 is 4.79 Å². The van der Waals surface area contributed by atoms with Gasteiger partial charge in [-0.2, -0.15) is 0 Å². The Balaban J connectivity index is 2.57. The van der Waals surface area contributed by atoms with E-state index in [1.54, 1.807) is 0 Å². The van der Waals surface area contributed by atoms with Gasteiger partial charge >= 0.3 is 6.03 Å². The molecule has 2 N–H and O–H groups in total. The molecule has 0 fully saturated rings. The van der Waals surface area contributed by atoms with Crippen LogP contribution in [0.15, 0.2) is 24.3 Å². The molecule has 0 spiro atoms. The summed E-state index contributed by atoms with van der Waals surface area (Å²) in [6.07, 6.45) is 0.838. The second kappa shape index (κ2) is 6.80. The van der Waals surface area contributed by atoms with Gasteiger partial charge in [0.2, 0.25) is 0 Å². The lowest BCUT2D eigenvalue weighted by molar-refractivity contribution is 0.231. The summed E-state index contributed by atoms with van der Waals surface area (Å²) in [4.78, 5) is 11.9. The van der Waals surface area contributed by atoms with Gasteiger partial charge in [0.1, 0.15) is 0 Å². The Kier molecular flexibility index (Phi) is 5.67. The number of hydrogen-bond donors (Lipinski definition) is 2. The van der Waals surface area contributed by atoms with Crippen molar-refractivity contribution in [3.63, 3.8) is 0 Å². The highest BCUT2D eigenvalue weighted by Crippen LogP contribution is 2.19. The minimum Gasteiger partial charge on any atom is -0.338 e. The first-order valence-electron chi connectivity index (χ1n) is 6.61. The summed E-state index contributed by atoms with van der Waals surface area (Å²) >= 11 is 5.87. The lowest BCUT2D eigenvalue weighted by Crippen LogP contribution is -2.41. The van der Waals surface area contributed by atoms with Gasteiger partial charge in [0, 0.05) is 11.6 Å². The molecule has 0 saturated carbocycles. The van der Waals surface area contributed by atoms with Crippen molar-refractivity contribution in [2.24, 2.45) is 5.41 Å². The first-order valence-corrected chi connectivity index (χ1v) is 6.99.